The van der Waals surface area contributed by atoms with Gasteiger partial charge in [-0.25, -0.2) is 0 Å². The minimum absolute atomic E-state index is 0.0164. The van der Waals surface area contributed by atoms with Crippen LogP contribution in [-0.2, 0) is 19.9 Å². The molecule has 4 rings (SSSR count). The van der Waals surface area contributed by atoms with E-state index in [0.29, 0.717) is 32.3 Å². The van der Waals surface area contributed by atoms with Crippen molar-refractivity contribution in [2.45, 2.75) is 36.9 Å². The Kier molecular flexibility index (Phi) is 9.80. The van der Waals surface area contributed by atoms with Crippen LogP contribution in [0.2, 0.25) is 0 Å². The number of likely N-dealkylation sites (tertiary alicyclic amines) is 1. The van der Waals surface area contributed by atoms with E-state index in [2.05, 4.69) is 15.1 Å². The second kappa shape index (κ2) is 12.6. The Morgan fingerprint density at radius 1 is 1.19 bits per heavy atom. The first-order chi connectivity index (χ1) is 15.6. The molecule has 8 nitrogen and oxygen atoms in total. The third kappa shape index (κ3) is 6.45. The molecule has 1 amide bonds. The molecule has 32 heavy (non-hydrogen) atoms. The molecule has 3 aliphatic heterocycles. The fraction of sp³-hybridized carbons (Fsp3) is 0.652. The van der Waals surface area contributed by atoms with Crippen molar-refractivity contribution in [3.63, 3.8) is 0 Å². The zero-order valence-corrected chi connectivity index (χ0v) is 19.3. The van der Waals surface area contributed by atoms with Gasteiger partial charge in [-0.1, -0.05) is 30.3 Å². The highest BCUT2D eigenvalue weighted by molar-refractivity contribution is 7.99. The van der Waals surface area contributed by atoms with E-state index in [1.165, 1.54) is 24.3 Å². The zero-order chi connectivity index (χ0) is 22.8. The fourth-order valence-corrected chi connectivity index (χ4v) is 5.96. The number of morpholine rings is 1. The normalized spacial score (nSPS) is 27.7. The number of nitrogens with one attached hydrogen (secondary N) is 1. The van der Waals surface area contributed by atoms with Gasteiger partial charge in [0.15, 0.2) is 0 Å². The summed E-state index contributed by atoms with van der Waals surface area (Å²) >= 11 is 2.03. The third-order valence-electron chi connectivity index (χ3n) is 6.60. The predicted molar refractivity (Wildman–Crippen MR) is 125 cm³/mol. The Balaban J connectivity index is 0.000000913. The minimum Gasteiger partial charge on any atom is -0.483 e. The van der Waals surface area contributed by atoms with Gasteiger partial charge in [0.1, 0.15) is 0 Å². The quantitative estimate of drug-likeness (QED) is 0.554. The van der Waals surface area contributed by atoms with Crippen LogP contribution in [-0.4, -0.2) is 102 Å². The van der Waals surface area contributed by atoms with Crippen molar-refractivity contribution in [1.29, 1.82) is 0 Å². The molecule has 3 heterocycles. The topological polar surface area (TPSA) is 102 Å². The molecule has 0 bridgehead atoms. The highest BCUT2D eigenvalue weighted by Crippen LogP contribution is 2.35. The van der Waals surface area contributed by atoms with Gasteiger partial charge in [0.25, 0.3) is 6.47 Å². The van der Waals surface area contributed by atoms with E-state index in [9.17, 15) is 9.90 Å². The number of aliphatic hydroxyl groups excluding tert-OH is 1. The van der Waals surface area contributed by atoms with Gasteiger partial charge in [-0.15, -0.1) is 0 Å². The largest absolute Gasteiger partial charge is 0.483 e. The van der Waals surface area contributed by atoms with Crippen LogP contribution >= 0.6 is 11.8 Å². The van der Waals surface area contributed by atoms with Crippen molar-refractivity contribution >= 4 is 24.1 Å². The molecule has 3 saturated heterocycles. The highest BCUT2D eigenvalue weighted by Gasteiger charge is 2.46. The summed E-state index contributed by atoms with van der Waals surface area (Å²) in [6.07, 6.45) is 2.50. The van der Waals surface area contributed by atoms with Gasteiger partial charge in [0.05, 0.1) is 31.4 Å². The number of carbonyl (C=O) groups is 2. The second-order valence-corrected chi connectivity index (χ2v) is 9.71. The van der Waals surface area contributed by atoms with Gasteiger partial charge in [-0.3, -0.25) is 19.4 Å². The maximum atomic E-state index is 13.0. The van der Waals surface area contributed by atoms with Crippen molar-refractivity contribution < 1.29 is 24.5 Å². The van der Waals surface area contributed by atoms with Gasteiger partial charge in [0, 0.05) is 32.2 Å². The average molecular weight is 466 g/mol. The Labute approximate surface area is 194 Å². The number of thioether (sulfide) groups is 1. The number of ether oxygens (including phenoxy) is 1. The van der Waals surface area contributed by atoms with Crippen LogP contribution in [0.15, 0.2) is 30.3 Å². The first kappa shape index (κ1) is 25.0. The summed E-state index contributed by atoms with van der Waals surface area (Å²) in [5, 5.41) is 21.5. The summed E-state index contributed by atoms with van der Waals surface area (Å²) in [6.45, 7) is 4.53. The van der Waals surface area contributed by atoms with Crippen molar-refractivity contribution in [3.8, 4) is 0 Å². The fourth-order valence-electron chi connectivity index (χ4n) is 4.88. The Morgan fingerprint density at radius 3 is 2.47 bits per heavy atom. The SMILES string of the molecule is O=C(CN1CCOCC1)N[C@]1(c2ccccc2)CCN(C2CCSCC2)C[C@H]1O.O=CO. The second-order valence-electron chi connectivity index (χ2n) is 8.48. The molecule has 0 spiro atoms. The number of hydrogen-bond acceptors (Lipinski definition) is 7. The van der Waals surface area contributed by atoms with Crippen molar-refractivity contribution in [3.05, 3.63) is 35.9 Å². The zero-order valence-electron chi connectivity index (χ0n) is 18.5. The lowest BCUT2D eigenvalue weighted by Crippen LogP contribution is -2.64. The van der Waals surface area contributed by atoms with E-state index in [4.69, 9.17) is 14.6 Å². The Bertz CT molecular complexity index is 713. The van der Waals surface area contributed by atoms with E-state index in [0.717, 1.165) is 31.6 Å². The summed E-state index contributed by atoms with van der Waals surface area (Å²) in [5.74, 6) is 2.40. The van der Waals surface area contributed by atoms with Crippen molar-refractivity contribution in [1.82, 2.24) is 15.1 Å². The minimum atomic E-state index is -0.718. The summed E-state index contributed by atoms with van der Waals surface area (Å²) < 4.78 is 5.39. The molecule has 0 aromatic heterocycles. The molecule has 1 aromatic carbocycles. The van der Waals surface area contributed by atoms with Gasteiger partial charge in [0.2, 0.25) is 5.91 Å². The number of amides is 1. The monoisotopic (exact) mass is 465 g/mol. The van der Waals surface area contributed by atoms with E-state index in [1.807, 2.05) is 42.1 Å². The number of carboxylic acid groups (broad SMARTS) is 1. The summed E-state index contributed by atoms with van der Waals surface area (Å²) in [5.41, 5.74) is 0.284. The number of aliphatic hydroxyl groups is 1. The Hall–Kier alpha value is -1.65. The maximum Gasteiger partial charge on any atom is 0.290 e. The number of carbonyl (C=O) groups excluding carboxylic acids is 1. The van der Waals surface area contributed by atoms with Crippen LogP contribution in [0, 0.1) is 0 Å². The van der Waals surface area contributed by atoms with Crippen LogP contribution in [0.25, 0.3) is 0 Å². The summed E-state index contributed by atoms with van der Waals surface area (Å²) in [7, 11) is 0. The summed E-state index contributed by atoms with van der Waals surface area (Å²) in [6, 6.07) is 10.6. The van der Waals surface area contributed by atoms with Gasteiger partial charge >= 0.3 is 0 Å². The first-order valence-electron chi connectivity index (χ1n) is 11.3. The molecule has 2 atom stereocenters. The lowest BCUT2D eigenvalue weighted by atomic mass is 9.78. The predicted octanol–water partition coefficient (Wildman–Crippen LogP) is 0.993. The standard InChI is InChI=1S/C22H33N3O3S.CH2O2/c26-20-16-25(19-6-14-29-15-7-19)9-8-22(20,18-4-2-1-3-5-18)23-21(27)17-24-10-12-28-13-11-24;2-1-3/h1-5,19-20,26H,6-17H2,(H,23,27);1H,(H,2,3)/t20-,22+;/m1./s1. The van der Waals surface area contributed by atoms with Crippen LogP contribution < -0.4 is 5.32 Å². The molecular weight excluding hydrogens is 430 g/mol. The molecule has 3 fully saturated rings. The van der Waals surface area contributed by atoms with E-state index in [-0.39, 0.29) is 12.4 Å². The molecule has 9 heteroatoms. The molecular formula is C23H35N3O5S. The molecule has 0 saturated carbocycles. The number of piperidine rings is 1. The van der Waals surface area contributed by atoms with Gasteiger partial charge < -0.3 is 20.3 Å². The maximum absolute atomic E-state index is 13.0. The van der Waals surface area contributed by atoms with Gasteiger partial charge in [-0.2, -0.15) is 11.8 Å². The third-order valence-corrected chi connectivity index (χ3v) is 7.65. The smallest absolute Gasteiger partial charge is 0.290 e. The van der Waals surface area contributed by atoms with Crippen LogP contribution in [0.1, 0.15) is 24.8 Å². The summed E-state index contributed by atoms with van der Waals surface area (Å²) in [4.78, 5) is 25.9. The van der Waals surface area contributed by atoms with Crippen LogP contribution in [0.4, 0.5) is 0 Å². The van der Waals surface area contributed by atoms with E-state index < -0.39 is 11.6 Å². The molecule has 178 valence electrons. The van der Waals surface area contributed by atoms with E-state index in [1.54, 1.807) is 0 Å². The number of β-amino-alcohol motifs (C(OH)–C–C–N with tert-alkyl or cyclic N) is 1. The molecule has 3 N–H and O–H groups in total. The van der Waals surface area contributed by atoms with Gasteiger partial charge in [-0.05, 0) is 36.3 Å². The van der Waals surface area contributed by atoms with Crippen molar-refractivity contribution in [2.75, 3.05) is 57.4 Å². The van der Waals surface area contributed by atoms with Crippen molar-refractivity contribution in [2.24, 2.45) is 0 Å². The molecule has 1 aromatic rings. The highest BCUT2D eigenvalue weighted by atomic mass is 32.2. The number of nitrogens with zero attached hydrogens (tertiary/aromatic N) is 2. The van der Waals surface area contributed by atoms with Crippen LogP contribution in [0.5, 0.6) is 0 Å². The average Bonchev–Trinajstić information content (AvgIpc) is 2.83. The van der Waals surface area contributed by atoms with Crippen LogP contribution in [0.3, 0.4) is 0 Å². The number of benzene rings is 1. The number of rotatable bonds is 5. The molecule has 0 unspecified atom stereocenters. The molecule has 0 radical (unpaired) electrons. The molecule has 3 aliphatic rings. The first-order valence-corrected chi connectivity index (χ1v) is 12.5. The lowest BCUT2D eigenvalue weighted by Gasteiger charge is -2.49. The Morgan fingerprint density at radius 2 is 1.84 bits per heavy atom. The van der Waals surface area contributed by atoms with E-state index >= 15 is 0 Å². The lowest BCUT2D eigenvalue weighted by molar-refractivity contribution is -0.129. The molecule has 0 aliphatic carbocycles. The number of hydrogen-bond donors (Lipinski definition) is 3.